The summed E-state index contributed by atoms with van der Waals surface area (Å²) < 4.78 is 0. The summed E-state index contributed by atoms with van der Waals surface area (Å²) in [5.41, 5.74) is 1.88. The fraction of sp³-hybridized carbons (Fsp3) is 0.474. The average Bonchev–Trinajstić information content (AvgIpc) is 3.17. The summed E-state index contributed by atoms with van der Waals surface area (Å²) in [6, 6.07) is 8.04. The Morgan fingerprint density at radius 2 is 2.00 bits per heavy atom. The van der Waals surface area contributed by atoms with Gasteiger partial charge in [0.25, 0.3) is 0 Å². The summed E-state index contributed by atoms with van der Waals surface area (Å²) in [6.07, 6.45) is 5.26. The van der Waals surface area contributed by atoms with Gasteiger partial charge < -0.3 is 9.88 Å². The van der Waals surface area contributed by atoms with Crippen molar-refractivity contribution in [1.82, 2.24) is 14.9 Å². The number of carbonyl (C=O) groups is 2. The summed E-state index contributed by atoms with van der Waals surface area (Å²) in [5.74, 6) is 0.203. The Bertz CT molecular complexity index is 805. The van der Waals surface area contributed by atoms with E-state index < -0.39 is 0 Å². The molecule has 6 nitrogen and oxygen atoms in total. The number of aromatic nitrogens is 1. The van der Waals surface area contributed by atoms with E-state index in [1.807, 2.05) is 35.4 Å². The lowest BCUT2D eigenvalue weighted by Gasteiger charge is -2.43. The van der Waals surface area contributed by atoms with E-state index in [1.54, 1.807) is 12.2 Å². The van der Waals surface area contributed by atoms with Gasteiger partial charge in [-0.15, -0.1) is 0 Å². The topological polar surface area (TPSA) is 65.6 Å². The van der Waals surface area contributed by atoms with Gasteiger partial charge in [0.1, 0.15) is 0 Å². The Morgan fingerprint density at radius 3 is 2.76 bits per heavy atom. The van der Waals surface area contributed by atoms with Crippen LogP contribution in [0.15, 0.2) is 30.5 Å². The van der Waals surface area contributed by atoms with Gasteiger partial charge in [0, 0.05) is 36.6 Å². The van der Waals surface area contributed by atoms with E-state index in [-0.39, 0.29) is 17.4 Å². The molecule has 0 saturated carbocycles. The fourth-order valence-electron chi connectivity index (χ4n) is 4.28. The molecule has 1 aromatic carbocycles. The van der Waals surface area contributed by atoms with E-state index in [1.165, 1.54) is 0 Å². The monoisotopic (exact) mass is 341 g/mol. The molecular weight excluding hydrogens is 318 g/mol. The van der Waals surface area contributed by atoms with Crippen LogP contribution in [0.2, 0.25) is 0 Å². The van der Waals surface area contributed by atoms with Gasteiger partial charge in [-0.05, 0) is 30.9 Å². The summed E-state index contributed by atoms with van der Waals surface area (Å²) >= 11 is 0. The number of aromatic amines is 1. The number of hydrogen-bond donors (Lipinski definition) is 1. The molecule has 0 bridgehead atoms. The number of rotatable bonds is 3. The Hall–Kier alpha value is -2.34. The molecule has 6 heteroatoms. The van der Waals surface area contributed by atoms with Crippen LogP contribution in [0, 0.1) is 0 Å². The predicted octanol–water partition coefficient (Wildman–Crippen LogP) is 2.26. The van der Waals surface area contributed by atoms with Crippen LogP contribution in [-0.2, 0) is 20.8 Å². The Kier molecular flexibility index (Phi) is 4.00. The minimum atomic E-state index is -0.219. The van der Waals surface area contributed by atoms with Crippen molar-refractivity contribution in [3.05, 3.63) is 36.0 Å². The number of hydrogen-bond acceptors (Lipinski definition) is 3. The largest absolute Gasteiger partial charge is 0.361 e. The molecule has 0 aliphatic carbocycles. The SMILES string of the molecule is CON1C(=O)CCC12CCN(C(=O)Cc1c[nH]c3ccccc13)CC2. The van der Waals surface area contributed by atoms with Gasteiger partial charge in [0.05, 0.1) is 19.1 Å². The minimum absolute atomic E-state index is 0.0565. The summed E-state index contributed by atoms with van der Waals surface area (Å²) in [5, 5.41) is 2.66. The molecule has 0 radical (unpaired) electrons. The second kappa shape index (κ2) is 6.19. The van der Waals surface area contributed by atoms with E-state index in [4.69, 9.17) is 4.84 Å². The first-order valence-electron chi connectivity index (χ1n) is 8.83. The van der Waals surface area contributed by atoms with Gasteiger partial charge in [-0.2, -0.15) is 0 Å². The van der Waals surface area contributed by atoms with Crippen LogP contribution < -0.4 is 0 Å². The molecule has 2 aliphatic heterocycles. The molecule has 25 heavy (non-hydrogen) atoms. The minimum Gasteiger partial charge on any atom is -0.361 e. The molecule has 0 atom stereocenters. The second-order valence-electron chi connectivity index (χ2n) is 7.01. The van der Waals surface area contributed by atoms with Crippen LogP contribution in [0.3, 0.4) is 0 Å². The molecule has 2 aliphatic rings. The molecule has 132 valence electrons. The lowest BCUT2D eigenvalue weighted by Crippen LogP contribution is -2.53. The zero-order valence-electron chi connectivity index (χ0n) is 14.5. The maximum atomic E-state index is 12.7. The third kappa shape index (κ3) is 2.70. The normalized spacial score (nSPS) is 20.0. The molecule has 2 fully saturated rings. The van der Waals surface area contributed by atoms with E-state index in [0.717, 1.165) is 35.7 Å². The van der Waals surface area contributed by atoms with Crippen molar-refractivity contribution >= 4 is 22.7 Å². The predicted molar refractivity (Wildman–Crippen MR) is 93.6 cm³/mol. The van der Waals surface area contributed by atoms with Gasteiger partial charge in [0.2, 0.25) is 11.8 Å². The third-order valence-electron chi connectivity index (χ3n) is 5.71. The van der Waals surface area contributed by atoms with Crippen LogP contribution in [0.4, 0.5) is 0 Å². The average molecular weight is 341 g/mol. The molecule has 2 saturated heterocycles. The summed E-state index contributed by atoms with van der Waals surface area (Å²) in [6.45, 7) is 1.35. The van der Waals surface area contributed by atoms with Crippen LogP contribution in [0.5, 0.6) is 0 Å². The molecule has 3 heterocycles. The Morgan fingerprint density at radius 1 is 1.24 bits per heavy atom. The number of nitrogens with zero attached hydrogens (tertiary/aromatic N) is 2. The molecule has 1 N–H and O–H groups in total. The van der Waals surface area contributed by atoms with Crippen molar-refractivity contribution in [2.24, 2.45) is 0 Å². The highest BCUT2D eigenvalue weighted by atomic mass is 16.7. The molecule has 1 aromatic heterocycles. The van der Waals surface area contributed by atoms with Crippen molar-refractivity contribution in [2.75, 3.05) is 20.2 Å². The number of piperidine rings is 1. The third-order valence-corrected chi connectivity index (χ3v) is 5.71. The lowest BCUT2D eigenvalue weighted by atomic mass is 9.86. The quantitative estimate of drug-likeness (QED) is 0.931. The van der Waals surface area contributed by atoms with Gasteiger partial charge in [-0.25, -0.2) is 5.06 Å². The number of likely N-dealkylation sites (tertiary alicyclic amines) is 1. The molecular formula is C19H23N3O3. The number of fused-ring (bicyclic) bond motifs is 1. The fourth-order valence-corrected chi connectivity index (χ4v) is 4.28. The molecule has 1 spiro atoms. The zero-order valence-corrected chi connectivity index (χ0v) is 14.5. The molecule has 2 aromatic rings. The van der Waals surface area contributed by atoms with E-state index in [2.05, 4.69) is 4.98 Å². The Balaban J connectivity index is 1.42. The van der Waals surface area contributed by atoms with Crippen LogP contribution in [0.25, 0.3) is 10.9 Å². The standard InChI is InChI=1S/C19H23N3O3/c1-25-22-17(23)6-7-19(22)8-10-21(11-9-19)18(24)12-14-13-20-16-5-3-2-4-15(14)16/h2-5,13,20H,6-12H2,1H3. The summed E-state index contributed by atoms with van der Waals surface area (Å²) in [7, 11) is 1.56. The molecule has 2 amide bonds. The number of nitrogens with one attached hydrogen (secondary N) is 1. The second-order valence-corrected chi connectivity index (χ2v) is 7.01. The first-order valence-corrected chi connectivity index (χ1v) is 8.83. The van der Waals surface area contributed by atoms with Gasteiger partial charge in [-0.3, -0.25) is 14.4 Å². The van der Waals surface area contributed by atoms with Crippen molar-refractivity contribution in [1.29, 1.82) is 0 Å². The molecule has 4 rings (SSSR count). The van der Waals surface area contributed by atoms with E-state index in [0.29, 0.717) is 25.9 Å². The zero-order chi connectivity index (χ0) is 17.4. The van der Waals surface area contributed by atoms with Crippen molar-refractivity contribution in [3.8, 4) is 0 Å². The number of para-hydroxylation sites is 1. The van der Waals surface area contributed by atoms with Crippen molar-refractivity contribution in [2.45, 2.75) is 37.6 Å². The van der Waals surface area contributed by atoms with E-state index in [9.17, 15) is 9.59 Å². The highest BCUT2D eigenvalue weighted by Crippen LogP contribution is 2.39. The first kappa shape index (κ1) is 16.1. The van der Waals surface area contributed by atoms with Crippen LogP contribution >= 0.6 is 0 Å². The highest BCUT2D eigenvalue weighted by Gasteiger charge is 2.48. The smallest absolute Gasteiger partial charge is 0.246 e. The van der Waals surface area contributed by atoms with Gasteiger partial charge in [0.15, 0.2) is 0 Å². The molecule has 0 unspecified atom stereocenters. The number of hydroxylamine groups is 2. The van der Waals surface area contributed by atoms with E-state index >= 15 is 0 Å². The number of benzene rings is 1. The van der Waals surface area contributed by atoms with Crippen molar-refractivity contribution in [3.63, 3.8) is 0 Å². The maximum absolute atomic E-state index is 12.7. The van der Waals surface area contributed by atoms with Gasteiger partial charge >= 0.3 is 0 Å². The first-order chi connectivity index (χ1) is 12.1. The Labute approximate surface area is 146 Å². The van der Waals surface area contributed by atoms with Gasteiger partial charge in [-0.1, -0.05) is 18.2 Å². The lowest BCUT2D eigenvalue weighted by molar-refractivity contribution is -0.202. The number of carbonyl (C=O) groups excluding carboxylic acids is 2. The van der Waals surface area contributed by atoms with Crippen molar-refractivity contribution < 1.29 is 14.4 Å². The summed E-state index contributed by atoms with van der Waals surface area (Å²) in [4.78, 5) is 35.1. The number of H-pyrrole nitrogens is 1. The van der Waals surface area contributed by atoms with Crippen LogP contribution in [-0.4, -0.2) is 52.5 Å². The van der Waals surface area contributed by atoms with Crippen LogP contribution in [0.1, 0.15) is 31.2 Å². The highest BCUT2D eigenvalue weighted by molar-refractivity contribution is 5.89. The number of amides is 2. The maximum Gasteiger partial charge on any atom is 0.246 e.